The van der Waals surface area contributed by atoms with Crippen LogP contribution in [0.3, 0.4) is 0 Å². The Labute approximate surface area is 98.2 Å². The first kappa shape index (κ1) is 15.1. The van der Waals surface area contributed by atoms with Crippen molar-refractivity contribution in [2.75, 3.05) is 26.3 Å². The number of carbonyl (C=O) groups is 1. The number of rotatable bonds is 9. The molecule has 0 aliphatic carbocycles. The van der Waals surface area contributed by atoms with Crippen LogP contribution in [0.4, 0.5) is 0 Å². The fourth-order valence-electron chi connectivity index (χ4n) is 1.12. The van der Waals surface area contributed by atoms with Crippen molar-refractivity contribution in [3.05, 3.63) is 12.7 Å². The van der Waals surface area contributed by atoms with Gasteiger partial charge in [0.05, 0.1) is 18.6 Å². The molecule has 0 radical (unpaired) electrons. The highest BCUT2D eigenvalue weighted by molar-refractivity contribution is 5.82. The second kappa shape index (κ2) is 8.30. The maximum Gasteiger partial charge on any atom is 0.227 e. The first-order chi connectivity index (χ1) is 7.60. The smallest absolute Gasteiger partial charge is 0.227 e. The number of nitrogens with two attached hydrogens (primary N) is 1. The Bertz CT molecular complexity index is 213. The van der Waals surface area contributed by atoms with E-state index >= 15 is 0 Å². The normalized spacial score (nSPS) is 14.2. The predicted molar refractivity (Wildman–Crippen MR) is 66.1 cm³/mol. The van der Waals surface area contributed by atoms with Gasteiger partial charge in [0.25, 0.3) is 0 Å². The van der Waals surface area contributed by atoms with Crippen molar-refractivity contribution in [3.63, 3.8) is 0 Å². The molecule has 94 valence electrons. The quantitative estimate of drug-likeness (QED) is 0.458. The van der Waals surface area contributed by atoms with Crippen molar-refractivity contribution >= 4 is 5.91 Å². The molecule has 1 amide bonds. The third-order valence-corrected chi connectivity index (χ3v) is 2.78. The first-order valence-corrected chi connectivity index (χ1v) is 5.77. The molecule has 0 saturated carbocycles. The molecule has 16 heavy (non-hydrogen) atoms. The summed E-state index contributed by atoms with van der Waals surface area (Å²) in [6, 6.07) is 0. The summed E-state index contributed by atoms with van der Waals surface area (Å²) in [7, 11) is 0. The van der Waals surface area contributed by atoms with Crippen molar-refractivity contribution in [1.29, 1.82) is 0 Å². The summed E-state index contributed by atoms with van der Waals surface area (Å²) in [5.41, 5.74) is 5.13. The van der Waals surface area contributed by atoms with Crippen molar-refractivity contribution in [2.24, 2.45) is 11.1 Å². The van der Waals surface area contributed by atoms with Crippen LogP contribution >= 0.6 is 0 Å². The van der Waals surface area contributed by atoms with Gasteiger partial charge in [-0.3, -0.25) is 4.79 Å². The minimum Gasteiger partial charge on any atom is -0.379 e. The molecule has 1 atom stereocenters. The van der Waals surface area contributed by atoms with E-state index in [1.165, 1.54) is 0 Å². The fourth-order valence-corrected chi connectivity index (χ4v) is 1.12. The number of nitrogens with one attached hydrogen (secondary N) is 1. The second-order valence-corrected chi connectivity index (χ2v) is 4.06. The van der Waals surface area contributed by atoms with Gasteiger partial charge in [0.1, 0.15) is 0 Å². The van der Waals surface area contributed by atoms with Gasteiger partial charge >= 0.3 is 0 Å². The molecule has 4 heteroatoms. The maximum absolute atomic E-state index is 11.8. The molecular weight excluding hydrogens is 204 g/mol. The van der Waals surface area contributed by atoms with Crippen LogP contribution in [-0.2, 0) is 9.53 Å². The monoisotopic (exact) mass is 228 g/mol. The molecule has 0 aromatic carbocycles. The standard InChI is InChI=1S/C12H24N2O2/c1-4-6-8-16-9-7-14-11(15)12(3,5-2)10-13/h4H,1,5-10,13H2,2-3H3,(H,14,15). The number of amides is 1. The molecule has 0 spiro atoms. The lowest BCUT2D eigenvalue weighted by molar-refractivity contribution is -0.130. The van der Waals surface area contributed by atoms with E-state index in [0.29, 0.717) is 26.3 Å². The van der Waals surface area contributed by atoms with Crippen molar-refractivity contribution in [3.8, 4) is 0 Å². The van der Waals surface area contributed by atoms with Crippen LogP contribution in [0.2, 0.25) is 0 Å². The molecule has 0 aliphatic rings. The van der Waals surface area contributed by atoms with Crippen molar-refractivity contribution in [2.45, 2.75) is 26.7 Å². The average Bonchev–Trinajstić information content (AvgIpc) is 2.32. The molecule has 3 N–H and O–H groups in total. The number of carbonyl (C=O) groups excluding carboxylic acids is 1. The van der Waals surface area contributed by atoms with E-state index in [-0.39, 0.29) is 5.91 Å². The van der Waals surface area contributed by atoms with Gasteiger partial charge in [0.2, 0.25) is 5.91 Å². The van der Waals surface area contributed by atoms with Gasteiger partial charge in [-0.15, -0.1) is 6.58 Å². The summed E-state index contributed by atoms with van der Waals surface area (Å²) in [5.74, 6) is 0.00446. The maximum atomic E-state index is 11.8. The van der Waals surface area contributed by atoms with Gasteiger partial charge < -0.3 is 15.8 Å². The molecule has 4 nitrogen and oxygen atoms in total. The minimum atomic E-state index is -0.457. The van der Waals surface area contributed by atoms with E-state index in [4.69, 9.17) is 10.5 Å². The van der Waals surface area contributed by atoms with Crippen molar-refractivity contribution in [1.82, 2.24) is 5.32 Å². The molecule has 0 aromatic rings. The SMILES string of the molecule is C=CCCOCCNC(=O)C(C)(CC)CN. The van der Waals surface area contributed by atoms with Gasteiger partial charge in [-0.05, 0) is 19.8 Å². The Morgan fingerprint density at radius 1 is 1.56 bits per heavy atom. The summed E-state index contributed by atoms with van der Waals surface area (Å²) >= 11 is 0. The lowest BCUT2D eigenvalue weighted by Gasteiger charge is -2.24. The summed E-state index contributed by atoms with van der Waals surface area (Å²) in [6.45, 7) is 9.53. The molecule has 0 bridgehead atoms. The summed E-state index contributed by atoms with van der Waals surface area (Å²) in [5, 5.41) is 2.83. The number of ether oxygens (including phenoxy) is 1. The fraction of sp³-hybridized carbons (Fsp3) is 0.750. The second-order valence-electron chi connectivity index (χ2n) is 4.06. The Morgan fingerprint density at radius 2 is 2.25 bits per heavy atom. The Kier molecular flexibility index (Phi) is 7.85. The first-order valence-electron chi connectivity index (χ1n) is 5.77. The third-order valence-electron chi connectivity index (χ3n) is 2.78. The third kappa shape index (κ3) is 5.28. The van der Waals surface area contributed by atoms with Crippen LogP contribution in [-0.4, -0.2) is 32.2 Å². The van der Waals surface area contributed by atoms with Crippen LogP contribution in [0, 0.1) is 5.41 Å². The summed E-state index contributed by atoms with van der Waals surface area (Å²) in [6.07, 6.45) is 3.39. The van der Waals surface area contributed by atoms with E-state index in [1.54, 1.807) is 6.08 Å². The highest BCUT2D eigenvalue weighted by Crippen LogP contribution is 2.18. The summed E-state index contributed by atoms with van der Waals surface area (Å²) < 4.78 is 5.29. The predicted octanol–water partition coefficient (Wildman–Crippen LogP) is 1.07. The number of hydrogen-bond donors (Lipinski definition) is 2. The molecule has 0 rings (SSSR count). The highest BCUT2D eigenvalue weighted by Gasteiger charge is 2.28. The largest absolute Gasteiger partial charge is 0.379 e. The van der Waals surface area contributed by atoms with E-state index < -0.39 is 5.41 Å². The van der Waals surface area contributed by atoms with Crippen LogP contribution in [0.15, 0.2) is 12.7 Å². The minimum absolute atomic E-state index is 0.00446. The van der Waals surface area contributed by atoms with Gasteiger partial charge in [-0.2, -0.15) is 0 Å². The zero-order chi connectivity index (χ0) is 12.4. The molecule has 0 saturated heterocycles. The summed E-state index contributed by atoms with van der Waals surface area (Å²) in [4.78, 5) is 11.8. The Morgan fingerprint density at radius 3 is 2.75 bits per heavy atom. The van der Waals surface area contributed by atoms with Gasteiger partial charge in [0, 0.05) is 13.1 Å². The zero-order valence-corrected chi connectivity index (χ0v) is 10.4. The van der Waals surface area contributed by atoms with Crippen LogP contribution in [0.25, 0.3) is 0 Å². The van der Waals surface area contributed by atoms with E-state index in [0.717, 1.165) is 12.8 Å². The average molecular weight is 228 g/mol. The lowest BCUT2D eigenvalue weighted by Crippen LogP contribution is -2.44. The molecule has 0 heterocycles. The van der Waals surface area contributed by atoms with Gasteiger partial charge in [-0.25, -0.2) is 0 Å². The van der Waals surface area contributed by atoms with Crippen LogP contribution in [0.1, 0.15) is 26.7 Å². The van der Waals surface area contributed by atoms with Gasteiger partial charge in [-0.1, -0.05) is 13.0 Å². The molecular formula is C12H24N2O2. The highest BCUT2D eigenvalue weighted by atomic mass is 16.5. The van der Waals surface area contributed by atoms with Gasteiger partial charge in [0.15, 0.2) is 0 Å². The van der Waals surface area contributed by atoms with Crippen molar-refractivity contribution < 1.29 is 9.53 Å². The number of hydrogen-bond acceptors (Lipinski definition) is 3. The Balaban J connectivity index is 3.68. The zero-order valence-electron chi connectivity index (χ0n) is 10.4. The molecule has 0 fully saturated rings. The van der Waals surface area contributed by atoms with E-state index in [2.05, 4.69) is 11.9 Å². The molecule has 0 aliphatic heterocycles. The molecule has 0 aromatic heterocycles. The lowest BCUT2D eigenvalue weighted by atomic mass is 9.87. The topological polar surface area (TPSA) is 64.3 Å². The van der Waals surface area contributed by atoms with E-state index in [1.807, 2.05) is 13.8 Å². The molecule has 1 unspecified atom stereocenters. The van der Waals surface area contributed by atoms with Crippen LogP contribution < -0.4 is 11.1 Å². The Hall–Kier alpha value is -0.870. The van der Waals surface area contributed by atoms with Crippen LogP contribution in [0.5, 0.6) is 0 Å². The van der Waals surface area contributed by atoms with E-state index in [9.17, 15) is 4.79 Å².